The van der Waals surface area contributed by atoms with E-state index in [2.05, 4.69) is 103 Å². The van der Waals surface area contributed by atoms with Gasteiger partial charge in [0, 0.05) is 16.7 Å². The number of fused-ring (bicyclic) bond motifs is 1. The van der Waals surface area contributed by atoms with Crippen LogP contribution in [0.15, 0.2) is 131 Å². The van der Waals surface area contributed by atoms with Gasteiger partial charge in [0.2, 0.25) is 0 Å². The molecule has 1 unspecified atom stereocenters. The molecule has 4 heteroatoms. The molecule has 0 amide bonds. The van der Waals surface area contributed by atoms with E-state index in [0.29, 0.717) is 0 Å². The van der Waals surface area contributed by atoms with E-state index in [0.717, 1.165) is 44.3 Å². The Bertz CT molecular complexity index is 1400. The summed E-state index contributed by atoms with van der Waals surface area (Å²) in [5.74, 6) is 0.745. The average molecular weight is 480 g/mol. The third-order valence-corrected chi connectivity index (χ3v) is 6.75. The monoisotopic (exact) mass is 479 g/mol. The molecular formula is C30H25NOS2. The first-order valence-electron chi connectivity index (χ1n) is 10.3. The first-order valence-corrected chi connectivity index (χ1v) is 12.4. The smallest absolute Gasteiger partial charge is 0.125 e. The molecule has 3 aromatic rings. The molecule has 0 aliphatic carbocycles. The van der Waals surface area contributed by atoms with Crippen LogP contribution in [0.2, 0.25) is 0 Å². The van der Waals surface area contributed by atoms with Gasteiger partial charge in [0.05, 0.1) is 20.7 Å². The molecule has 0 radical (unpaired) electrons. The summed E-state index contributed by atoms with van der Waals surface area (Å²) in [6.45, 7) is 15.1. The second-order valence-corrected chi connectivity index (χ2v) is 9.09. The van der Waals surface area contributed by atoms with E-state index in [4.69, 9.17) is 4.98 Å². The summed E-state index contributed by atoms with van der Waals surface area (Å²) in [4.78, 5) is 5.68. The number of benzene rings is 1. The summed E-state index contributed by atoms with van der Waals surface area (Å²) in [5, 5.41) is 1.08. The van der Waals surface area contributed by atoms with Crippen molar-refractivity contribution in [3.05, 3.63) is 126 Å². The predicted molar refractivity (Wildman–Crippen MR) is 145 cm³/mol. The van der Waals surface area contributed by atoms with Gasteiger partial charge in [-0.3, -0.25) is 4.21 Å². The van der Waals surface area contributed by atoms with E-state index in [-0.39, 0.29) is 0 Å². The van der Waals surface area contributed by atoms with E-state index < -0.39 is 10.8 Å². The molecule has 0 saturated heterocycles. The second kappa shape index (κ2) is 17.5. The summed E-state index contributed by atoms with van der Waals surface area (Å²) in [6.07, 6.45) is 2.08. The van der Waals surface area contributed by atoms with Gasteiger partial charge in [0.15, 0.2) is 0 Å². The molecule has 0 N–H and O–H groups in total. The molecule has 0 bridgehead atoms. The number of rotatable bonds is 5. The topological polar surface area (TPSA) is 30.0 Å². The zero-order chi connectivity index (χ0) is 25.0. The number of hydrogen-bond donors (Lipinski definition) is 0. The Morgan fingerprint density at radius 1 is 0.853 bits per heavy atom. The zero-order valence-electron chi connectivity index (χ0n) is 19.2. The van der Waals surface area contributed by atoms with Gasteiger partial charge in [-0.15, -0.1) is 11.3 Å². The molecular weight excluding hydrogens is 454 g/mol. The Kier molecular flexibility index (Phi) is 14.4. The highest BCUT2D eigenvalue weighted by Crippen LogP contribution is 2.29. The van der Waals surface area contributed by atoms with Crippen LogP contribution in [0.4, 0.5) is 0 Å². The van der Waals surface area contributed by atoms with Crippen molar-refractivity contribution < 1.29 is 4.21 Å². The molecule has 0 saturated carbocycles. The quantitative estimate of drug-likeness (QED) is 0.349. The van der Waals surface area contributed by atoms with Crippen molar-refractivity contribution in [1.82, 2.24) is 4.98 Å². The van der Waals surface area contributed by atoms with E-state index in [1.165, 1.54) is 0 Å². The largest absolute Gasteiger partial charge is 0.254 e. The Morgan fingerprint density at radius 3 is 2.00 bits per heavy atom. The minimum atomic E-state index is -0.889. The van der Waals surface area contributed by atoms with Crippen molar-refractivity contribution in [2.75, 3.05) is 5.75 Å². The summed E-state index contributed by atoms with van der Waals surface area (Å²) in [6, 6.07) is 16.3. The number of thiophene rings is 1. The van der Waals surface area contributed by atoms with E-state index in [1.54, 1.807) is 11.3 Å². The molecule has 0 fully saturated rings. The molecule has 34 heavy (non-hydrogen) atoms. The van der Waals surface area contributed by atoms with Gasteiger partial charge in [0.25, 0.3) is 0 Å². The molecule has 2 nitrogen and oxygen atoms in total. The van der Waals surface area contributed by atoms with Crippen molar-refractivity contribution in [3.63, 3.8) is 0 Å². The van der Waals surface area contributed by atoms with Gasteiger partial charge in [0.1, 0.15) is 4.83 Å². The lowest BCUT2D eigenvalue weighted by atomic mass is 10.1. The van der Waals surface area contributed by atoms with Crippen LogP contribution in [0.25, 0.3) is 21.5 Å². The number of aromatic nitrogens is 1. The van der Waals surface area contributed by atoms with Gasteiger partial charge >= 0.3 is 0 Å². The fourth-order valence-corrected chi connectivity index (χ4v) is 4.99. The Balaban J connectivity index is 0.000000369. The number of unbranched alkanes of at least 4 members (excludes halogenated alkanes) is 1. The van der Waals surface area contributed by atoms with Crippen LogP contribution in [0.3, 0.4) is 0 Å². The summed E-state index contributed by atoms with van der Waals surface area (Å²) in [7, 11) is -0.889. The maximum atomic E-state index is 12.2. The Labute approximate surface area is 208 Å². The Morgan fingerprint density at radius 2 is 1.44 bits per heavy atom. The summed E-state index contributed by atoms with van der Waals surface area (Å²) in [5.41, 5.74) is 23.6. The maximum absolute atomic E-state index is 12.2. The highest BCUT2D eigenvalue weighted by Gasteiger charge is 2.10. The lowest BCUT2D eigenvalue weighted by Crippen LogP contribution is -1.94. The second-order valence-electron chi connectivity index (χ2n) is 6.26. The van der Waals surface area contributed by atoms with Gasteiger partial charge in [-0.1, -0.05) is 66.6 Å². The van der Waals surface area contributed by atoms with Gasteiger partial charge in [-0.25, -0.2) is 4.98 Å². The highest BCUT2D eigenvalue weighted by molar-refractivity contribution is 7.87. The van der Waals surface area contributed by atoms with E-state index in [1.807, 2.05) is 30.3 Å². The number of nitrogens with zero attached hydrogens (tertiary/aromatic N) is 1. The maximum Gasteiger partial charge on any atom is 0.125 e. The fraction of sp³-hybridized carbons (Fsp3) is 0.133. The first kappa shape index (κ1) is 28.0. The standard InChI is InChI=1S/C17H17NOS2.C7H4.C6H4/c1-2-3-11-21(19)16-12-14-9-10-15(18-17(14)20-16)13-7-5-4-6-8-13;1-3-5-7-6-4-2;1-3-5-6-4-2/h4-10,12H,2-3,11H2,1H3;1-2H2;1-2H2. The van der Waals surface area contributed by atoms with Crippen LogP contribution in [-0.4, -0.2) is 14.9 Å². The molecule has 2 aromatic heterocycles. The van der Waals surface area contributed by atoms with Crippen molar-refractivity contribution in [2.45, 2.75) is 24.0 Å². The van der Waals surface area contributed by atoms with Crippen molar-refractivity contribution in [2.24, 2.45) is 0 Å². The molecule has 1 aromatic carbocycles. The molecule has 0 aliphatic heterocycles. The predicted octanol–water partition coefficient (Wildman–Crippen LogP) is 7.87. The Hall–Kier alpha value is -4.02. The molecule has 168 valence electrons. The molecule has 3 rings (SSSR count). The molecule has 2 heterocycles. The molecule has 1 atom stereocenters. The third kappa shape index (κ3) is 10.5. The van der Waals surface area contributed by atoms with Crippen LogP contribution in [0, 0.1) is 0 Å². The van der Waals surface area contributed by atoms with Gasteiger partial charge < -0.3 is 0 Å². The van der Waals surface area contributed by atoms with Crippen LogP contribution in [0.1, 0.15) is 19.8 Å². The van der Waals surface area contributed by atoms with E-state index in [9.17, 15) is 4.21 Å². The first-order chi connectivity index (χ1) is 16.6. The third-order valence-electron chi connectivity index (χ3n) is 3.88. The van der Waals surface area contributed by atoms with Gasteiger partial charge in [-0.2, -0.15) is 0 Å². The van der Waals surface area contributed by atoms with Crippen LogP contribution < -0.4 is 0 Å². The molecule has 0 spiro atoms. The van der Waals surface area contributed by atoms with Crippen LogP contribution in [-0.2, 0) is 10.8 Å². The average Bonchev–Trinajstić information content (AvgIpc) is 3.31. The molecule has 0 aliphatic rings. The minimum absolute atomic E-state index is 0.745. The van der Waals surface area contributed by atoms with Crippen LogP contribution in [0.5, 0.6) is 0 Å². The van der Waals surface area contributed by atoms with Crippen molar-refractivity contribution in [1.29, 1.82) is 0 Å². The minimum Gasteiger partial charge on any atom is -0.254 e. The normalized spacial score (nSPS) is 9.09. The van der Waals surface area contributed by atoms with Crippen molar-refractivity contribution in [3.8, 4) is 11.3 Å². The summed E-state index contributed by atoms with van der Waals surface area (Å²) < 4.78 is 13.2. The lowest BCUT2D eigenvalue weighted by Gasteiger charge is -1.99. The lowest BCUT2D eigenvalue weighted by molar-refractivity contribution is 0.681. The zero-order valence-corrected chi connectivity index (χ0v) is 20.9. The van der Waals surface area contributed by atoms with Crippen molar-refractivity contribution >= 4 is 32.4 Å². The van der Waals surface area contributed by atoms with E-state index >= 15 is 0 Å². The SMILES string of the molecule is C=C=C=C=C=C.C=C=C=C=C=C=C.CCCCS(=O)c1cc2ccc(-c3ccccc3)nc2s1. The van der Waals surface area contributed by atoms with Crippen LogP contribution >= 0.6 is 11.3 Å². The highest BCUT2D eigenvalue weighted by atomic mass is 32.2. The summed E-state index contributed by atoms with van der Waals surface area (Å²) >= 11 is 1.55. The number of pyridine rings is 1. The van der Waals surface area contributed by atoms with Gasteiger partial charge in [-0.05, 0) is 79.6 Å². The fourth-order valence-electron chi connectivity index (χ4n) is 2.36. The number of hydrogen-bond acceptors (Lipinski definition) is 3.